The van der Waals surface area contributed by atoms with Gasteiger partial charge in [0.05, 0.1) is 6.54 Å². The molecule has 1 aromatic heterocycles. The summed E-state index contributed by atoms with van der Waals surface area (Å²) in [5.74, 6) is 0.867. The van der Waals surface area contributed by atoms with Crippen LogP contribution in [-0.4, -0.2) is 38.2 Å². The van der Waals surface area contributed by atoms with Crippen LogP contribution in [0.5, 0.6) is 0 Å². The Morgan fingerprint density at radius 2 is 2.04 bits per heavy atom. The number of amides is 1. The van der Waals surface area contributed by atoms with Gasteiger partial charge in [-0.2, -0.15) is 5.10 Å². The van der Waals surface area contributed by atoms with E-state index in [1.165, 1.54) is 12.1 Å². The molecule has 0 unspecified atom stereocenters. The van der Waals surface area contributed by atoms with E-state index in [0.717, 1.165) is 43.0 Å². The molecule has 0 aliphatic carbocycles. The smallest absolute Gasteiger partial charge is 0.239 e. The highest BCUT2D eigenvalue weighted by Crippen LogP contribution is 2.29. The zero-order chi connectivity index (χ0) is 18.0. The zero-order valence-corrected chi connectivity index (χ0v) is 14.7. The van der Waals surface area contributed by atoms with Crippen LogP contribution in [-0.2, 0) is 11.3 Å². The van der Waals surface area contributed by atoms with Gasteiger partial charge in [-0.15, -0.1) is 0 Å². The Morgan fingerprint density at radius 1 is 1.32 bits per heavy atom. The van der Waals surface area contributed by atoms with Crippen LogP contribution in [0.1, 0.15) is 42.5 Å². The van der Waals surface area contributed by atoms with Crippen molar-refractivity contribution < 1.29 is 9.18 Å². The van der Waals surface area contributed by atoms with Gasteiger partial charge in [0.25, 0.3) is 0 Å². The molecule has 6 nitrogen and oxygen atoms in total. The molecule has 7 heteroatoms. The van der Waals surface area contributed by atoms with Crippen molar-refractivity contribution in [1.29, 1.82) is 0 Å². The fraction of sp³-hybridized carbons (Fsp3) is 0.500. The van der Waals surface area contributed by atoms with Gasteiger partial charge in [-0.05, 0) is 50.9 Å². The normalized spacial score (nSPS) is 19.7. The van der Waals surface area contributed by atoms with E-state index in [9.17, 15) is 9.18 Å². The fourth-order valence-electron chi connectivity index (χ4n) is 3.66. The summed E-state index contributed by atoms with van der Waals surface area (Å²) in [4.78, 5) is 18.7. The van der Waals surface area contributed by atoms with Gasteiger partial charge in [0.15, 0.2) is 0 Å². The molecule has 2 aromatic rings. The lowest BCUT2D eigenvalue weighted by molar-refractivity contribution is -0.125. The number of hydrogen-bond donors (Lipinski definition) is 1. The lowest BCUT2D eigenvalue weighted by Gasteiger charge is -2.40. The molecular formula is C18H24FN5O. The molecule has 134 valence electrons. The van der Waals surface area contributed by atoms with Crippen molar-refractivity contribution in [3.8, 4) is 0 Å². The summed E-state index contributed by atoms with van der Waals surface area (Å²) in [7, 11) is 0. The summed E-state index contributed by atoms with van der Waals surface area (Å²) in [5.41, 5.74) is 6.45. The maximum Gasteiger partial charge on any atom is 0.239 e. The van der Waals surface area contributed by atoms with E-state index in [1.807, 2.05) is 18.5 Å². The number of nitrogens with two attached hydrogens (primary N) is 1. The van der Waals surface area contributed by atoms with Crippen LogP contribution in [0.25, 0.3) is 0 Å². The standard InChI is InChI=1S/C18H24FN5O/c1-12-21-13(2)24(22-12)11-16-5-3-4-10-23(16)17(18(20)25)14-6-8-15(19)9-7-14/h6-9,16-17H,3-5,10-11H2,1-2H3,(H2,20,25)/t16-,17+/m1/s1. The number of hydrogen-bond acceptors (Lipinski definition) is 4. The van der Waals surface area contributed by atoms with Crippen molar-refractivity contribution in [2.75, 3.05) is 6.54 Å². The molecule has 1 fully saturated rings. The topological polar surface area (TPSA) is 77.0 Å². The van der Waals surface area contributed by atoms with Crippen molar-refractivity contribution in [2.24, 2.45) is 5.73 Å². The van der Waals surface area contributed by atoms with E-state index in [4.69, 9.17) is 5.73 Å². The molecule has 2 N–H and O–H groups in total. The van der Waals surface area contributed by atoms with E-state index in [0.29, 0.717) is 6.54 Å². The van der Waals surface area contributed by atoms with E-state index in [-0.39, 0.29) is 11.9 Å². The predicted molar refractivity (Wildman–Crippen MR) is 92.2 cm³/mol. The number of aryl methyl sites for hydroxylation is 2. The Balaban J connectivity index is 1.88. The van der Waals surface area contributed by atoms with Gasteiger partial charge < -0.3 is 5.73 Å². The molecule has 2 atom stereocenters. The maximum atomic E-state index is 13.3. The van der Waals surface area contributed by atoms with Crippen LogP contribution in [0, 0.1) is 19.7 Å². The summed E-state index contributed by atoms with van der Waals surface area (Å²) < 4.78 is 15.1. The second-order valence-corrected chi connectivity index (χ2v) is 6.63. The van der Waals surface area contributed by atoms with Gasteiger partial charge in [-0.3, -0.25) is 9.69 Å². The lowest BCUT2D eigenvalue weighted by atomic mass is 9.95. The Kier molecular flexibility index (Phi) is 5.13. The molecular weight excluding hydrogens is 321 g/mol. The van der Waals surface area contributed by atoms with E-state index in [2.05, 4.69) is 15.0 Å². The maximum absolute atomic E-state index is 13.3. The first-order valence-electron chi connectivity index (χ1n) is 8.64. The first-order chi connectivity index (χ1) is 12.0. The quantitative estimate of drug-likeness (QED) is 0.900. The lowest BCUT2D eigenvalue weighted by Crippen LogP contribution is -2.48. The highest BCUT2D eigenvalue weighted by molar-refractivity contribution is 5.81. The van der Waals surface area contributed by atoms with Gasteiger partial charge >= 0.3 is 0 Å². The van der Waals surface area contributed by atoms with Crippen molar-refractivity contribution in [2.45, 2.75) is 51.7 Å². The van der Waals surface area contributed by atoms with Crippen molar-refractivity contribution in [1.82, 2.24) is 19.7 Å². The highest BCUT2D eigenvalue weighted by Gasteiger charge is 2.33. The summed E-state index contributed by atoms with van der Waals surface area (Å²) in [6.07, 6.45) is 3.07. The highest BCUT2D eigenvalue weighted by atomic mass is 19.1. The van der Waals surface area contributed by atoms with Crippen LogP contribution in [0.2, 0.25) is 0 Å². The number of piperidine rings is 1. The Bertz CT molecular complexity index is 742. The summed E-state index contributed by atoms with van der Waals surface area (Å²) in [6.45, 7) is 5.24. The van der Waals surface area contributed by atoms with Crippen LogP contribution in [0.3, 0.4) is 0 Å². The number of primary amides is 1. The Hall–Kier alpha value is -2.28. The largest absolute Gasteiger partial charge is 0.368 e. The molecule has 1 saturated heterocycles. The predicted octanol–water partition coefficient (Wildman–Crippen LogP) is 2.12. The third-order valence-corrected chi connectivity index (χ3v) is 4.81. The molecule has 0 bridgehead atoms. The second-order valence-electron chi connectivity index (χ2n) is 6.63. The third-order valence-electron chi connectivity index (χ3n) is 4.81. The van der Waals surface area contributed by atoms with E-state index in [1.54, 1.807) is 12.1 Å². The monoisotopic (exact) mass is 345 g/mol. The number of nitrogens with zero attached hydrogens (tertiary/aromatic N) is 4. The molecule has 1 amide bonds. The SMILES string of the molecule is Cc1nc(C)n(C[C@H]2CCCCN2[C@H](C(N)=O)c2ccc(F)cc2)n1. The minimum Gasteiger partial charge on any atom is -0.368 e. The third kappa shape index (κ3) is 3.87. The number of carbonyl (C=O) groups is 1. The molecule has 2 heterocycles. The van der Waals surface area contributed by atoms with Crippen LogP contribution in [0.15, 0.2) is 24.3 Å². The molecule has 1 aliphatic heterocycles. The minimum atomic E-state index is -0.559. The molecule has 0 radical (unpaired) electrons. The fourth-order valence-corrected chi connectivity index (χ4v) is 3.66. The van der Waals surface area contributed by atoms with Gasteiger partial charge in [-0.25, -0.2) is 14.1 Å². The number of halogens is 1. The van der Waals surface area contributed by atoms with Crippen LogP contribution in [0.4, 0.5) is 4.39 Å². The van der Waals surface area contributed by atoms with Gasteiger partial charge in [0.1, 0.15) is 23.5 Å². The Morgan fingerprint density at radius 3 is 2.64 bits per heavy atom. The number of rotatable bonds is 5. The molecule has 25 heavy (non-hydrogen) atoms. The number of aromatic nitrogens is 3. The summed E-state index contributed by atoms with van der Waals surface area (Å²) in [6, 6.07) is 5.60. The number of likely N-dealkylation sites (tertiary alicyclic amines) is 1. The second kappa shape index (κ2) is 7.31. The van der Waals surface area contributed by atoms with E-state index < -0.39 is 11.9 Å². The molecule has 1 aliphatic rings. The summed E-state index contributed by atoms with van der Waals surface area (Å²) >= 11 is 0. The average Bonchev–Trinajstić information content (AvgIpc) is 2.88. The zero-order valence-electron chi connectivity index (χ0n) is 14.7. The first kappa shape index (κ1) is 17.5. The number of benzene rings is 1. The molecule has 3 rings (SSSR count). The summed E-state index contributed by atoms with van der Waals surface area (Å²) in [5, 5.41) is 4.44. The van der Waals surface area contributed by atoms with Crippen molar-refractivity contribution >= 4 is 5.91 Å². The first-order valence-corrected chi connectivity index (χ1v) is 8.64. The Labute approximate surface area is 146 Å². The average molecular weight is 345 g/mol. The van der Waals surface area contributed by atoms with Gasteiger partial charge in [0, 0.05) is 6.04 Å². The van der Waals surface area contributed by atoms with Crippen LogP contribution >= 0.6 is 0 Å². The van der Waals surface area contributed by atoms with Gasteiger partial charge in [0.2, 0.25) is 5.91 Å². The molecule has 0 saturated carbocycles. The van der Waals surface area contributed by atoms with Gasteiger partial charge in [-0.1, -0.05) is 18.6 Å². The van der Waals surface area contributed by atoms with E-state index >= 15 is 0 Å². The molecule has 0 spiro atoms. The van der Waals surface area contributed by atoms with Crippen molar-refractivity contribution in [3.63, 3.8) is 0 Å². The minimum absolute atomic E-state index is 0.135. The van der Waals surface area contributed by atoms with Crippen molar-refractivity contribution in [3.05, 3.63) is 47.3 Å². The van der Waals surface area contributed by atoms with Crippen LogP contribution < -0.4 is 5.73 Å². The number of carbonyl (C=O) groups excluding carboxylic acids is 1. The molecule has 1 aromatic carbocycles.